The van der Waals surface area contributed by atoms with Crippen LogP contribution in [0.25, 0.3) is 22.3 Å². The van der Waals surface area contributed by atoms with Crippen molar-refractivity contribution in [3.63, 3.8) is 0 Å². The Hall–Kier alpha value is -6.44. The van der Waals surface area contributed by atoms with E-state index in [0.717, 1.165) is 38.1 Å². The van der Waals surface area contributed by atoms with Crippen LogP contribution in [0.2, 0.25) is 10.0 Å². The van der Waals surface area contributed by atoms with Crippen LogP contribution >= 0.6 is 23.2 Å². The van der Waals surface area contributed by atoms with Crippen LogP contribution in [0.1, 0.15) is 36.1 Å². The molecule has 0 aliphatic heterocycles. The van der Waals surface area contributed by atoms with Crippen molar-refractivity contribution in [2.45, 2.75) is 26.2 Å². The maximum absolute atomic E-state index is 13.7. The molecular formula is C32H16Cl2F6N6O7. The average molecular weight is 781 g/mol. The quantitative estimate of drug-likeness (QED) is 0.0991. The van der Waals surface area contributed by atoms with E-state index >= 15 is 0 Å². The van der Waals surface area contributed by atoms with E-state index in [4.69, 9.17) is 27.9 Å². The number of nitrogens with one attached hydrogen (secondary N) is 2. The molecule has 53 heavy (non-hydrogen) atoms. The average Bonchev–Trinajstić information content (AvgIpc) is 3.03. The number of carbonyl (C=O) groups is 2. The number of benzene rings is 4. The Balaban J connectivity index is 2.23. The predicted octanol–water partition coefficient (Wildman–Crippen LogP) is 9.63. The van der Waals surface area contributed by atoms with Gasteiger partial charge in [-0.1, -0.05) is 23.2 Å². The number of nitriles is 2. The van der Waals surface area contributed by atoms with Gasteiger partial charge in [0.25, 0.3) is 11.4 Å². The Labute approximate surface area is 302 Å². The molecule has 0 aliphatic carbocycles. The van der Waals surface area contributed by atoms with Crippen LogP contribution in [0.5, 0.6) is 11.5 Å². The first-order valence-corrected chi connectivity index (χ1v) is 14.8. The van der Waals surface area contributed by atoms with Gasteiger partial charge in [-0.15, -0.1) is 0 Å². The number of rotatable bonds is 8. The molecule has 4 aromatic carbocycles. The molecule has 0 aliphatic rings. The van der Waals surface area contributed by atoms with E-state index in [2.05, 4.69) is 10.6 Å². The van der Waals surface area contributed by atoms with Crippen LogP contribution < -0.4 is 15.4 Å². The maximum atomic E-state index is 13.7. The molecular weight excluding hydrogens is 765 g/mol. The SMILES string of the molecule is CC(=O)Nc1c([N+](=O)[O-])ccc(Oc2ccc([N+](=O)[O-])c(NC(C)=O)c2-c2c(Cl)cc(C(F)(F)F)cc2C#N)c1-c1c(Cl)cc(C(F)(F)F)cc1C#N. The highest BCUT2D eigenvalue weighted by atomic mass is 35.5. The summed E-state index contributed by atoms with van der Waals surface area (Å²) < 4.78 is 88.2. The number of amides is 2. The fourth-order valence-corrected chi connectivity index (χ4v) is 5.69. The molecule has 0 unspecified atom stereocenters. The number of ether oxygens (including phenoxy) is 1. The standard InChI is InChI=1S/C32H16Cl2F6N6O7/c1-13(47)43-29-21(45(49)50)3-5-23(27(29)25-15(11-41)7-17(9-19(25)33)31(35,36)37)53-24-6-4-22(46(51)52)30(44-14(2)48)28(24)26-16(12-42)8-18(10-20(26)34)32(38,39)40/h3-10H,1-2H3,(H,43,47)(H,44,48). The van der Waals surface area contributed by atoms with Gasteiger partial charge < -0.3 is 15.4 Å². The zero-order valence-corrected chi connectivity index (χ0v) is 27.8. The van der Waals surface area contributed by atoms with Crippen molar-refractivity contribution in [2.75, 3.05) is 10.6 Å². The van der Waals surface area contributed by atoms with Gasteiger partial charge >= 0.3 is 12.4 Å². The highest BCUT2D eigenvalue weighted by molar-refractivity contribution is 6.35. The Kier molecular flexibility index (Phi) is 10.9. The van der Waals surface area contributed by atoms with Crippen LogP contribution in [0.3, 0.4) is 0 Å². The maximum Gasteiger partial charge on any atom is 0.416 e. The van der Waals surface area contributed by atoms with Gasteiger partial charge in [-0.25, -0.2) is 0 Å². The third kappa shape index (κ3) is 8.06. The number of nitro benzene ring substituents is 2. The fourth-order valence-electron chi connectivity index (χ4n) is 5.06. The second kappa shape index (κ2) is 14.7. The molecule has 0 bridgehead atoms. The minimum atomic E-state index is -5.04. The highest BCUT2D eigenvalue weighted by Crippen LogP contribution is 2.53. The summed E-state index contributed by atoms with van der Waals surface area (Å²) in [6, 6.07) is 7.70. The lowest BCUT2D eigenvalue weighted by molar-refractivity contribution is -0.384. The van der Waals surface area contributed by atoms with E-state index in [1.54, 1.807) is 0 Å². The summed E-state index contributed by atoms with van der Waals surface area (Å²) in [5.41, 5.74) is -10.4. The first-order valence-electron chi connectivity index (χ1n) is 14.1. The molecule has 0 atom stereocenters. The molecule has 13 nitrogen and oxygen atoms in total. The Morgan fingerprint density at radius 3 is 1.28 bits per heavy atom. The summed E-state index contributed by atoms with van der Waals surface area (Å²) in [4.78, 5) is 46.8. The van der Waals surface area contributed by atoms with E-state index in [-0.39, 0.29) is 0 Å². The lowest BCUT2D eigenvalue weighted by Crippen LogP contribution is -2.12. The molecule has 0 aromatic heterocycles. The predicted molar refractivity (Wildman–Crippen MR) is 175 cm³/mol. The van der Waals surface area contributed by atoms with E-state index in [1.165, 1.54) is 12.1 Å². The molecule has 4 aromatic rings. The number of anilines is 2. The van der Waals surface area contributed by atoms with Gasteiger partial charge in [0.1, 0.15) is 22.9 Å². The normalized spacial score (nSPS) is 11.2. The van der Waals surface area contributed by atoms with Gasteiger partial charge in [0, 0.05) is 37.1 Å². The summed E-state index contributed by atoms with van der Waals surface area (Å²) in [6.45, 7) is 1.82. The minimum Gasteiger partial charge on any atom is -0.456 e. The number of halogens is 8. The first kappa shape index (κ1) is 39.3. The molecule has 0 saturated carbocycles. The van der Waals surface area contributed by atoms with Gasteiger partial charge in [0.05, 0.1) is 65.4 Å². The highest BCUT2D eigenvalue weighted by Gasteiger charge is 2.37. The van der Waals surface area contributed by atoms with Crippen molar-refractivity contribution in [1.82, 2.24) is 0 Å². The molecule has 272 valence electrons. The van der Waals surface area contributed by atoms with Gasteiger partial charge in [-0.2, -0.15) is 36.9 Å². The van der Waals surface area contributed by atoms with Gasteiger partial charge in [-0.3, -0.25) is 29.8 Å². The molecule has 21 heteroatoms. The Morgan fingerprint density at radius 2 is 1.02 bits per heavy atom. The van der Waals surface area contributed by atoms with Crippen molar-refractivity contribution in [1.29, 1.82) is 10.5 Å². The van der Waals surface area contributed by atoms with E-state index in [0.29, 0.717) is 24.3 Å². The number of nitro groups is 2. The van der Waals surface area contributed by atoms with Crippen molar-refractivity contribution in [3.05, 3.63) is 101 Å². The Bertz CT molecular complexity index is 2180. The molecule has 2 amide bonds. The molecule has 0 spiro atoms. The van der Waals surface area contributed by atoms with E-state index in [1.807, 2.05) is 0 Å². The summed E-state index contributed by atoms with van der Waals surface area (Å²) >= 11 is 12.6. The van der Waals surface area contributed by atoms with Crippen molar-refractivity contribution < 1.29 is 50.5 Å². The first-order chi connectivity index (χ1) is 24.6. The zero-order chi connectivity index (χ0) is 39.7. The van der Waals surface area contributed by atoms with Crippen molar-refractivity contribution in [2.24, 2.45) is 0 Å². The largest absolute Gasteiger partial charge is 0.456 e. The van der Waals surface area contributed by atoms with Gasteiger partial charge in [0.2, 0.25) is 11.8 Å². The Morgan fingerprint density at radius 1 is 0.679 bits per heavy atom. The van der Waals surface area contributed by atoms with Crippen LogP contribution in [-0.2, 0) is 21.9 Å². The lowest BCUT2D eigenvalue weighted by atomic mass is 9.93. The number of hydrogen-bond donors (Lipinski definition) is 2. The number of nitrogens with zero attached hydrogens (tertiary/aromatic N) is 4. The second-order valence-corrected chi connectivity index (χ2v) is 11.4. The molecule has 2 N–H and O–H groups in total. The second-order valence-electron chi connectivity index (χ2n) is 10.6. The minimum absolute atomic E-state index is 0.356. The number of carbonyl (C=O) groups excluding carboxylic acids is 2. The third-order valence-electron chi connectivity index (χ3n) is 7.08. The third-order valence-corrected chi connectivity index (χ3v) is 7.68. The van der Waals surface area contributed by atoms with Crippen LogP contribution in [0.4, 0.5) is 49.1 Å². The number of hydrogen-bond acceptors (Lipinski definition) is 9. The van der Waals surface area contributed by atoms with Crippen molar-refractivity contribution in [3.8, 4) is 45.9 Å². The van der Waals surface area contributed by atoms with Crippen LogP contribution in [0.15, 0.2) is 48.5 Å². The van der Waals surface area contributed by atoms with E-state index < -0.39 is 123 Å². The number of alkyl halides is 6. The lowest BCUT2D eigenvalue weighted by Gasteiger charge is -2.22. The van der Waals surface area contributed by atoms with E-state index in [9.17, 15) is 66.7 Å². The summed E-state index contributed by atoms with van der Waals surface area (Å²) in [5.74, 6) is -3.23. The monoisotopic (exact) mass is 780 g/mol. The zero-order valence-electron chi connectivity index (χ0n) is 26.3. The van der Waals surface area contributed by atoms with Crippen LogP contribution in [-0.4, -0.2) is 21.7 Å². The molecule has 0 fully saturated rings. The fraction of sp³-hybridized carbons (Fsp3) is 0.125. The molecule has 0 heterocycles. The molecule has 4 rings (SSSR count). The topological polar surface area (TPSA) is 201 Å². The smallest absolute Gasteiger partial charge is 0.416 e. The molecule has 0 radical (unpaired) electrons. The van der Waals surface area contributed by atoms with Gasteiger partial charge in [0.15, 0.2) is 0 Å². The summed E-state index contributed by atoms with van der Waals surface area (Å²) in [7, 11) is 0. The van der Waals surface area contributed by atoms with Gasteiger partial charge in [-0.05, 0) is 36.4 Å². The molecule has 0 saturated heterocycles. The van der Waals surface area contributed by atoms with Crippen molar-refractivity contribution >= 4 is 57.8 Å². The van der Waals surface area contributed by atoms with Crippen LogP contribution in [0, 0.1) is 42.9 Å². The summed E-state index contributed by atoms with van der Waals surface area (Å²) in [6.07, 6.45) is -10.1. The summed E-state index contributed by atoms with van der Waals surface area (Å²) in [5, 5.41) is 46.7.